The third kappa shape index (κ3) is 4.21. The molecule has 0 saturated carbocycles. The molecule has 1 rings (SSSR count). The predicted molar refractivity (Wildman–Crippen MR) is 84.9 cm³/mol. The lowest BCUT2D eigenvalue weighted by molar-refractivity contribution is -0.147. The van der Waals surface area contributed by atoms with Crippen LogP contribution in [0.1, 0.15) is 20.3 Å². The highest BCUT2D eigenvalue weighted by Gasteiger charge is 2.31. The molecule has 0 aliphatic heterocycles. The highest BCUT2D eigenvalue weighted by Crippen LogP contribution is 2.30. The normalized spacial score (nSPS) is 13.4. The molecule has 2 amide bonds. The number of hydrogen-bond donors (Lipinski definition) is 3. The van der Waals surface area contributed by atoms with Crippen LogP contribution in [0.15, 0.2) is 27.1 Å². The van der Waals surface area contributed by atoms with Crippen LogP contribution >= 0.6 is 31.9 Å². The number of urea groups is 1. The second-order valence-corrected chi connectivity index (χ2v) is 6.33. The average molecular weight is 408 g/mol. The monoisotopic (exact) mass is 406 g/mol. The molecule has 0 bridgehead atoms. The minimum absolute atomic E-state index is 0.0622. The number of rotatable bonds is 5. The molecule has 0 aliphatic carbocycles. The van der Waals surface area contributed by atoms with E-state index in [1.165, 1.54) is 0 Å². The van der Waals surface area contributed by atoms with Gasteiger partial charge in [0.2, 0.25) is 0 Å². The van der Waals surface area contributed by atoms with Crippen molar-refractivity contribution >= 4 is 49.5 Å². The highest BCUT2D eigenvalue weighted by atomic mass is 79.9. The van der Waals surface area contributed by atoms with Crippen molar-refractivity contribution in [3.05, 3.63) is 27.1 Å². The quantitative estimate of drug-likeness (QED) is 0.693. The summed E-state index contributed by atoms with van der Waals surface area (Å²) in [6.07, 6.45) is 0.432. The van der Waals surface area contributed by atoms with Gasteiger partial charge in [0.15, 0.2) is 0 Å². The zero-order valence-corrected chi connectivity index (χ0v) is 14.3. The van der Waals surface area contributed by atoms with Crippen molar-refractivity contribution in [1.29, 1.82) is 0 Å². The molecule has 5 nitrogen and oxygen atoms in total. The summed E-state index contributed by atoms with van der Waals surface area (Å²) in [5.74, 6) is -0.928. The number of nitrogens with one attached hydrogen (secondary N) is 2. The first-order valence-electron chi connectivity index (χ1n) is 6.02. The number of carboxylic acids is 1. The van der Waals surface area contributed by atoms with Gasteiger partial charge in [-0.2, -0.15) is 0 Å². The number of amides is 2. The van der Waals surface area contributed by atoms with Gasteiger partial charge in [0.1, 0.15) is 0 Å². The maximum Gasteiger partial charge on any atom is 0.319 e. The Bertz CT molecular complexity index is 502. The minimum Gasteiger partial charge on any atom is -0.481 e. The van der Waals surface area contributed by atoms with Gasteiger partial charge in [-0.1, -0.05) is 13.0 Å². The van der Waals surface area contributed by atoms with E-state index >= 15 is 0 Å². The highest BCUT2D eigenvalue weighted by molar-refractivity contribution is 9.11. The Morgan fingerprint density at radius 1 is 1.30 bits per heavy atom. The molecule has 3 N–H and O–H groups in total. The molecule has 0 aliphatic rings. The van der Waals surface area contributed by atoms with Crippen LogP contribution in [0, 0.1) is 5.41 Å². The van der Waals surface area contributed by atoms with E-state index in [0.717, 1.165) is 8.95 Å². The second-order valence-electron chi connectivity index (χ2n) is 4.62. The Balaban J connectivity index is 2.67. The van der Waals surface area contributed by atoms with E-state index in [1.807, 2.05) is 6.07 Å². The van der Waals surface area contributed by atoms with E-state index in [9.17, 15) is 9.59 Å². The van der Waals surface area contributed by atoms with E-state index in [1.54, 1.807) is 26.0 Å². The summed E-state index contributed by atoms with van der Waals surface area (Å²) in [7, 11) is 0. The number of carbonyl (C=O) groups excluding carboxylic acids is 1. The van der Waals surface area contributed by atoms with Crippen LogP contribution in [0.25, 0.3) is 0 Å². The van der Waals surface area contributed by atoms with E-state index < -0.39 is 17.4 Å². The van der Waals surface area contributed by atoms with Gasteiger partial charge in [0.25, 0.3) is 0 Å². The first kappa shape index (κ1) is 17.0. The van der Waals surface area contributed by atoms with Gasteiger partial charge in [-0.25, -0.2) is 4.79 Å². The van der Waals surface area contributed by atoms with Crippen LogP contribution in [-0.4, -0.2) is 23.7 Å². The van der Waals surface area contributed by atoms with Gasteiger partial charge in [-0.15, -0.1) is 0 Å². The molecule has 20 heavy (non-hydrogen) atoms. The topological polar surface area (TPSA) is 78.4 Å². The first-order chi connectivity index (χ1) is 9.30. The van der Waals surface area contributed by atoms with Gasteiger partial charge < -0.3 is 15.7 Å². The molecular formula is C13H16Br2N2O3. The van der Waals surface area contributed by atoms with Crippen LogP contribution in [0.3, 0.4) is 0 Å². The zero-order valence-electron chi connectivity index (χ0n) is 11.2. The van der Waals surface area contributed by atoms with Crippen molar-refractivity contribution in [3.63, 3.8) is 0 Å². The van der Waals surface area contributed by atoms with Gasteiger partial charge in [0, 0.05) is 15.5 Å². The summed E-state index contributed by atoms with van der Waals surface area (Å²) >= 11 is 6.67. The van der Waals surface area contributed by atoms with Crippen molar-refractivity contribution in [2.45, 2.75) is 20.3 Å². The molecule has 1 aromatic rings. The lowest BCUT2D eigenvalue weighted by atomic mass is 9.88. The number of para-hydroxylation sites is 1. The summed E-state index contributed by atoms with van der Waals surface area (Å²) in [6.45, 7) is 3.44. The van der Waals surface area contributed by atoms with Crippen molar-refractivity contribution < 1.29 is 14.7 Å². The summed E-state index contributed by atoms with van der Waals surface area (Å²) in [6, 6.07) is 4.98. The summed E-state index contributed by atoms with van der Waals surface area (Å²) < 4.78 is 1.47. The van der Waals surface area contributed by atoms with Crippen LogP contribution in [0.2, 0.25) is 0 Å². The van der Waals surface area contributed by atoms with E-state index in [4.69, 9.17) is 5.11 Å². The van der Waals surface area contributed by atoms with Gasteiger partial charge in [-0.05, 0) is 57.3 Å². The van der Waals surface area contributed by atoms with Crippen molar-refractivity contribution in [2.75, 3.05) is 11.9 Å². The number of halogens is 2. The third-order valence-corrected chi connectivity index (χ3v) is 4.46. The molecule has 0 fully saturated rings. The Morgan fingerprint density at radius 2 is 1.85 bits per heavy atom. The maximum absolute atomic E-state index is 11.8. The van der Waals surface area contributed by atoms with E-state index in [-0.39, 0.29) is 6.54 Å². The Labute approximate surface area is 134 Å². The number of hydrogen-bond acceptors (Lipinski definition) is 2. The molecule has 0 aromatic heterocycles. The fraction of sp³-hybridized carbons (Fsp3) is 0.385. The fourth-order valence-electron chi connectivity index (χ4n) is 1.40. The molecule has 1 aromatic carbocycles. The van der Waals surface area contributed by atoms with Gasteiger partial charge >= 0.3 is 12.0 Å². The third-order valence-electron chi connectivity index (χ3n) is 3.14. The van der Waals surface area contributed by atoms with E-state index in [0.29, 0.717) is 12.1 Å². The maximum atomic E-state index is 11.8. The number of carbonyl (C=O) groups is 2. The summed E-state index contributed by atoms with van der Waals surface area (Å²) in [5.41, 5.74) is -0.374. The number of aliphatic carboxylic acids is 1. The van der Waals surface area contributed by atoms with Crippen LogP contribution in [-0.2, 0) is 4.79 Å². The molecule has 0 spiro atoms. The largest absolute Gasteiger partial charge is 0.481 e. The summed E-state index contributed by atoms with van der Waals surface area (Å²) in [4.78, 5) is 23.0. The first-order valence-corrected chi connectivity index (χ1v) is 7.61. The Hall–Kier alpha value is -1.08. The second kappa shape index (κ2) is 7.08. The summed E-state index contributed by atoms with van der Waals surface area (Å²) in [5, 5.41) is 14.4. The minimum atomic E-state index is -0.970. The van der Waals surface area contributed by atoms with Crippen molar-refractivity contribution in [2.24, 2.45) is 5.41 Å². The van der Waals surface area contributed by atoms with Crippen molar-refractivity contribution in [3.8, 4) is 0 Å². The smallest absolute Gasteiger partial charge is 0.319 e. The van der Waals surface area contributed by atoms with Gasteiger partial charge in [-0.3, -0.25) is 4.79 Å². The SMILES string of the molecule is CCC(C)(CNC(=O)Nc1c(Br)cccc1Br)C(=O)O. The van der Waals surface area contributed by atoms with Crippen molar-refractivity contribution in [1.82, 2.24) is 5.32 Å². The molecule has 110 valence electrons. The van der Waals surface area contributed by atoms with Crippen LogP contribution in [0.5, 0.6) is 0 Å². The average Bonchev–Trinajstić information content (AvgIpc) is 2.40. The molecule has 0 saturated heterocycles. The van der Waals surface area contributed by atoms with Crippen LogP contribution < -0.4 is 10.6 Å². The number of benzene rings is 1. The molecule has 0 heterocycles. The number of anilines is 1. The lowest BCUT2D eigenvalue weighted by Crippen LogP contribution is -2.42. The lowest BCUT2D eigenvalue weighted by Gasteiger charge is -2.23. The fourth-order valence-corrected chi connectivity index (χ4v) is 2.60. The molecule has 1 atom stereocenters. The standard InChI is InChI=1S/C13H16Br2N2O3/c1-3-13(2,11(18)19)7-16-12(20)17-10-8(14)5-4-6-9(10)15/h4-6H,3,7H2,1-2H3,(H,18,19)(H2,16,17,20). The Kier molecular flexibility index (Phi) is 6.01. The molecule has 0 radical (unpaired) electrons. The van der Waals surface area contributed by atoms with Crippen LogP contribution in [0.4, 0.5) is 10.5 Å². The number of carboxylic acid groups (broad SMARTS) is 1. The van der Waals surface area contributed by atoms with Gasteiger partial charge in [0.05, 0.1) is 11.1 Å². The van der Waals surface area contributed by atoms with E-state index in [2.05, 4.69) is 42.5 Å². The predicted octanol–water partition coefficient (Wildman–Crippen LogP) is 3.83. The molecular weight excluding hydrogens is 392 g/mol. The molecule has 1 unspecified atom stereocenters. The molecule has 7 heteroatoms. The zero-order chi connectivity index (χ0) is 15.3. The Morgan fingerprint density at radius 3 is 2.30 bits per heavy atom.